The Balaban J connectivity index is 2.06. The monoisotopic (exact) mass is 387 g/mol. The number of amides is 1. The summed E-state index contributed by atoms with van der Waals surface area (Å²) in [5, 5.41) is 0. The summed E-state index contributed by atoms with van der Waals surface area (Å²) in [5.41, 5.74) is -0.308. The van der Waals surface area contributed by atoms with Crippen molar-refractivity contribution in [2.24, 2.45) is 0 Å². The summed E-state index contributed by atoms with van der Waals surface area (Å²) in [6, 6.07) is 3.24. The molecule has 1 fully saturated rings. The van der Waals surface area contributed by atoms with Gasteiger partial charge in [-0.3, -0.25) is 4.79 Å². The Bertz CT molecular complexity index is 794. The molecule has 26 heavy (non-hydrogen) atoms. The van der Waals surface area contributed by atoms with Crippen molar-refractivity contribution in [3.05, 3.63) is 29.6 Å². The van der Waals surface area contributed by atoms with Crippen LogP contribution >= 0.6 is 0 Å². The largest absolute Gasteiger partial charge is 0.497 e. The molecule has 0 unspecified atom stereocenters. The molecule has 0 bridgehead atoms. The quantitative estimate of drug-likeness (QED) is 0.686. The van der Waals surface area contributed by atoms with Crippen molar-refractivity contribution in [2.45, 2.75) is 32.4 Å². The van der Waals surface area contributed by atoms with Crippen LogP contribution in [0.1, 0.15) is 30.6 Å². The predicted molar refractivity (Wildman–Crippen MR) is 92.3 cm³/mol. The van der Waals surface area contributed by atoms with E-state index in [0.717, 1.165) is 6.07 Å². The van der Waals surface area contributed by atoms with Crippen LogP contribution in [0.15, 0.2) is 18.2 Å². The molecule has 1 aliphatic rings. The predicted octanol–water partition coefficient (Wildman–Crippen LogP) is 1.42. The minimum atomic E-state index is -3.15. The van der Waals surface area contributed by atoms with Crippen LogP contribution in [0.4, 0.5) is 4.39 Å². The van der Waals surface area contributed by atoms with Crippen LogP contribution in [0, 0.1) is 5.82 Å². The second-order valence-electron chi connectivity index (χ2n) is 6.07. The van der Waals surface area contributed by atoms with Crippen molar-refractivity contribution in [3.63, 3.8) is 0 Å². The molecule has 1 aliphatic heterocycles. The number of benzene rings is 1. The smallest absolute Gasteiger partial charge is 0.341 e. The number of halogens is 1. The van der Waals surface area contributed by atoms with E-state index in [1.807, 2.05) is 0 Å². The maximum atomic E-state index is 14.0. The third kappa shape index (κ3) is 4.51. The van der Waals surface area contributed by atoms with E-state index >= 15 is 0 Å². The van der Waals surface area contributed by atoms with Gasteiger partial charge in [-0.1, -0.05) is 0 Å². The number of likely N-dealkylation sites (N-methyl/N-ethyl adjacent to an activating group) is 1. The number of carbonyl (C=O) groups excluding carboxylic acids is 2. The number of hydrogen-bond acceptors (Lipinski definition) is 6. The van der Waals surface area contributed by atoms with Crippen LogP contribution in [0.25, 0.3) is 0 Å². The van der Waals surface area contributed by atoms with Gasteiger partial charge in [-0.2, -0.15) is 0 Å². The van der Waals surface area contributed by atoms with Crippen LogP contribution in [0.3, 0.4) is 0 Å². The summed E-state index contributed by atoms with van der Waals surface area (Å²) in [6.45, 7) is 3.39. The van der Waals surface area contributed by atoms with Gasteiger partial charge < -0.3 is 14.4 Å². The van der Waals surface area contributed by atoms with E-state index in [9.17, 15) is 22.4 Å². The number of rotatable bonds is 6. The van der Waals surface area contributed by atoms with Crippen molar-refractivity contribution in [2.75, 3.05) is 25.2 Å². The minimum absolute atomic E-state index is 0.0344. The Morgan fingerprint density at radius 2 is 2.08 bits per heavy atom. The molecule has 1 heterocycles. The molecule has 9 heteroatoms. The average molecular weight is 387 g/mol. The SMILES string of the molecule is CCN(C(=O)[C@H](C)OC(=O)c1ccc(OC)cc1F)[C@H]1CCS(=O)(=O)C1. The molecule has 1 aromatic carbocycles. The lowest BCUT2D eigenvalue weighted by Gasteiger charge is -2.29. The number of sulfone groups is 1. The van der Waals surface area contributed by atoms with Crippen molar-refractivity contribution in [3.8, 4) is 5.75 Å². The number of hydrogen-bond donors (Lipinski definition) is 0. The first-order chi connectivity index (χ1) is 12.2. The van der Waals surface area contributed by atoms with Gasteiger partial charge in [0.15, 0.2) is 15.9 Å². The van der Waals surface area contributed by atoms with Gasteiger partial charge in [0.25, 0.3) is 5.91 Å². The van der Waals surface area contributed by atoms with Crippen molar-refractivity contribution in [1.29, 1.82) is 0 Å². The number of carbonyl (C=O) groups is 2. The Morgan fingerprint density at radius 1 is 1.38 bits per heavy atom. The molecule has 2 rings (SSSR count). The molecule has 7 nitrogen and oxygen atoms in total. The summed E-state index contributed by atoms with van der Waals surface area (Å²) in [7, 11) is -1.78. The van der Waals surface area contributed by atoms with Crippen LogP contribution in [-0.4, -0.2) is 62.5 Å². The molecule has 1 amide bonds. The normalized spacial score (nSPS) is 19.6. The van der Waals surface area contributed by atoms with Crippen molar-refractivity contribution < 1.29 is 31.9 Å². The van der Waals surface area contributed by atoms with Gasteiger partial charge in [-0.15, -0.1) is 0 Å². The van der Waals surface area contributed by atoms with Gasteiger partial charge >= 0.3 is 5.97 Å². The molecule has 0 aliphatic carbocycles. The molecule has 0 spiro atoms. The van der Waals surface area contributed by atoms with Gasteiger partial charge in [0.2, 0.25) is 0 Å². The zero-order valence-corrected chi connectivity index (χ0v) is 15.7. The van der Waals surface area contributed by atoms with Gasteiger partial charge in [0, 0.05) is 18.7 Å². The second-order valence-corrected chi connectivity index (χ2v) is 8.30. The van der Waals surface area contributed by atoms with Gasteiger partial charge in [0.1, 0.15) is 11.6 Å². The molecular weight excluding hydrogens is 365 g/mol. The first-order valence-electron chi connectivity index (χ1n) is 8.24. The highest BCUT2D eigenvalue weighted by Crippen LogP contribution is 2.20. The van der Waals surface area contributed by atoms with Crippen LogP contribution < -0.4 is 4.74 Å². The zero-order chi connectivity index (χ0) is 19.5. The lowest BCUT2D eigenvalue weighted by molar-refractivity contribution is -0.141. The topological polar surface area (TPSA) is 90.0 Å². The molecule has 0 N–H and O–H groups in total. The standard InChI is InChI=1S/C17H22FNO6S/c1-4-19(12-7-8-26(22,23)10-12)16(20)11(2)25-17(21)14-6-5-13(24-3)9-15(14)18/h5-6,9,11-12H,4,7-8,10H2,1-3H3/t11-,12-/m0/s1. The zero-order valence-electron chi connectivity index (χ0n) is 14.9. The van der Waals surface area contributed by atoms with Gasteiger partial charge in [-0.05, 0) is 32.4 Å². The summed E-state index contributed by atoms with van der Waals surface area (Å²) >= 11 is 0. The van der Waals surface area contributed by atoms with E-state index in [2.05, 4.69) is 0 Å². The average Bonchev–Trinajstić information content (AvgIpc) is 2.94. The highest BCUT2D eigenvalue weighted by Gasteiger charge is 2.36. The summed E-state index contributed by atoms with van der Waals surface area (Å²) in [6.07, 6.45) is -0.803. The summed E-state index contributed by atoms with van der Waals surface area (Å²) < 4.78 is 47.2. The molecule has 144 valence electrons. The van der Waals surface area contributed by atoms with E-state index in [-0.39, 0.29) is 29.4 Å². The van der Waals surface area contributed by atoms with E-state index in [0.29, 0.717) is 6.42 Å². The molecule has 0 saturated carbocycles. The number of nitrogens with zero attached hydrogens (tertiary/aromatic N) is 1. The fraction of sp³-hybridized carbons (Fsp3) is 0.529. The fourth-order valence-electron chi connectivity index (χ4n) is 2.91. The lowest BCUT2D eigenvalue weighted by Crippen LogP contribution is -2.46. The molecule has 0 radical (unpaired) electrons. The maximum Gasteiger partial charge on any atom is 0.341 e. The second kappa shape index (κ2) is 8.03. The van der Waals surface area contributed by atoms with E-state index in [1.54, 1.807) is 6.92 Å². The molecule has 1 aromatic rings. The Morgan fingerprint density at radius 3 is 2.58 bits per heavy atom. The Labute approximate surface area is 152 Å². The van der Waals surface area contributed by atoms with E-state index in [1.165, 1.54) is 31.1 Å². The van der Waals surface area contributed by atoms with Crippen LogP contribution in [-0.2, 0) is 19.4 Å². The van der Waals surface area contributed by atoms with Crippen molar-refractivity contribution >= 4 is 21.7 Å². The third-order valence-corrected chi connectivity index (χ3v) is 6.05. The van der Waals surface area contributed by atoms with Crippen molar-refractivity contribution in [1.82, 2.24) is 4.90 Å². The third-order valence-electron chi connectivity index (χ3n) is 4.30. The Hall–Kier alpha value is -2.16. The fourth-order valence-corrected chi connectivity index (χ4v) is 4.64. The Kier molecular flexibility index (Phi) is 6.22. The molecule has 2 atom stereocenters. The van der Waals surface area contributed by atoms with E-state index in [4.69, 9.17) is 9.47 Å². The maximum absolute atomic E-state index is 14.0. The number of esters is 1. The molecule has 1 saturated heterocycles. The van der Waals surface area contributed by atoms with Gasteiger partial charge in [-0.25, -0.2) is 17.6 Å². The molecular formula is C17H22FNO6S. The van der Waals surface area contributed by atoms with Crippen LogP contribution in [0.2, 0.25) is 0 Å². The van der Waals surface area contributed by atoms with E-state index < -0.39 is 39.7 Å². The summed E-state index contributed by atoms with van der Waals surface area (Å²) in [4.78, 5) is 26.1. The van der Waals surface area contributed by atoms with Gasteiger partial charge in [0.05, 0.1) is 24.2 Å². The first-order valence-corrected chi connectivity index (χ1v) is 10.1. The van der Waals surface area contributed by atoms with Crippen LogP contribution in [0.5, 0.6) is 5.75 Å². The molecule has 0 aromatic heterocycles. The number of methoxy groups -OCH3 is 1. The number of ether oxygens (including phenoxy) is 2. The minimum Gasteiger partial charge on any atom is -0.497 e. The first kappa shape index (κ1) is 20.2. The summed E-state index contributed by atoms with van der Waals surface area (Å²) in [5.74, 6) is -2.10. The lowest BCUT2D eigenvalue weighted by atomic mass is 10.2. The highest BCUT2D eigenvalue weighted by molar-refractivity contribution is 7.91. The highest BCUT2D eigenvalue weighted by atomic mass is 32.2.